The van der Waals surface area contributed by atoms with Gasteiger partial charge in [0.25, 0.3) is 5.78 Å². The van der Waals surface area contributed by atoms with Gasteiger partial charge in [-0.05, 0) is 37.3 Å². The van der Waals surface area contributed by atoms with E-state index in [4.69, 9.17) is 5.73 Å². The third kappa shape index (κ3) is 2.57. The molecule has 3 rings (SSSR count). The van der Waals surface area contributed by atoms with Gasteiger partial charge >= 0.3 is 11.3 Å². The van der Waals surface area contributed by atoms with E-state index in [1.807, 2.05) is 32.1 Å². The lowest BCUT2D eigenvalue weighted by Gasteiger charge is -1.96. The SMILES string of the molecule is CC(C)=Cc1ccc2c(N)c(C(=O)c3c(=O)o[nH][n+]3C)sc2n1. The molecule has 0 unspecified atom stereocenters. The normalized spacial score (nSPS) is 10.9. The summed E-state index contributed by atoms with van der Waals surface area (Å²) in [6.45, 7) is 3.96. The van der Waals surface area contributed by atoms with Crippen LogP contribution >= 0.6 is 11.3 Å². The minimum absolute atomic E-state index is 0.104. The number of hydrogen-bond donors (Lipinski definition) is 2. The van der Waals surface area contributed by atoms with Crippen molar-refractivity contribution in [3.63, 3.8) is 0 Å². The fraction of sp³-hybridized carbons (Fsp3) is 0.200. The first-order chi connectivity index (χ1) is 10.9. The number of nitrogens with two attached hydrogens (primary N) is 1. The van der Waals surface area contributed by atoms with Crippen LogP contribution in [0.1, 0.15) is 34.9 Å². The van der Waals surface area contributed by atoms with E-state index in [2.05, 4.69) is 14.8 Å². The molecule has 0 atom stereocenters. The minimum atomic E-state index is -0.729. The number of rotatable bonds is 3. The molecule has 0 fully saturated rings. The van der Waals surface area contributed by atoms with Crippen LogP contribution in [-0.4, -0.2) is 16.0 Å². The van der Waals surface area contributed by atoms with Crippen LogP contribution in [0.25, 0.3) is 16.3 Å². The Hall–Kier alpha value is -2.74. The minimum Gasteiger partial charge on any atom is -0.397 e. The van der Waals surface area contributed by atoms with Crippen LogP contribution in [0.3, 0.4) is 0 Å². The number of H-pyrrole nitrogens is 1. The Labute approximate surface area is 135 Å². The van der Waals surface area contributed by atoms with Gasteiger partial charge in [0, 0.05) is 5.39 Å². The lowest BCUT2D eigenvalue weighted by atomic mass is 10.2. The maximum absolute atomic E-state index is 12.6. The number of carbonyl (C=O) groups is 1. The number of hydrogen-bond acceptors (Lipinski definition) is 6. The maximum Gasteiger partial charge on any atom is 0.438 e. The van der Waals surface area contributed by atoms with Crippen molar-refractivity contribution >= 4 is 39.1 Å². The molecule has 0 amide bonds. The zero-order valence-electron chi connectivity index (χ0n) is 12.8. The number of anilines is 1. The number of pyridine rings is 1. The Kier molecular flexibility index (Phi) is 3.61. The van der Waals surface area contributed by atoms with Crippen LogP contribution in [0.5, 0.6) is 0 Å². The molecule has 0 saturated heterocycles. The quantitative estimate of drug-likeness (QED) is 0.560. The summed E-state index contributed by atoms with van der Waals surface area (Å²) in [5, 5.41) is 3.02. The number of carbonyl (C=O) groups excluding carboxylic acids is 1. The Morgan fingerprint density at radius 1 is 1.43 bits per heavy atom. The summed E-state index contributed by atoms with van der Waals surface area (Å²) in [6.07, 6.45) is 1.94. The number of nitrogens with zero attached hydrogens (tertiary/aromatic N) is 2. The average Bonchev–Trinajstić information content (AvgIpc) is 2.98. The van der Waals surface area contributed by atoms with Crippen molar-refractivity contribution in [2.75, 3.05) is 5.73 Å². The first-order valence-corrected chi connectivity index (χ1v) is 7.66. The first-order valence-electron chi connectivity index (χ1n) is 6.84. The van der Waals surface area contributed by atoms with Crippen LogP contribution in [0.4, 0.5) is 5.69 Å². The number of nitrogens with one attached hydrogen (secondary N) is 1. The molecule has 0 saturated carbocycles. The van der Waals surface area contributed by atoms with Gasteiger partial charge in [-0.3, -0.25) is 9.32 Å². The summed E-state index contributed by atoms with van der Waals surface area (Å²) in [6, 6.07) is 3.68. The van der Waals surface area contributed by atoms with Gasteiger partial charge < -0.3 is 5.73 Å². The highest BCUT2D eigenvalue weighted by molar-refractivity contribution is 7.21. The number of ketones is 1. The molecule has 0 radical (unpaired) electrons. The smallest absolute Gasteiger partial charge is 0.397 e. The van der Waals surface area contributed by atoms with E-state index in [0.29, 0.717) is 15.9 Å². The van der Waals surface area contributed by atoms with Gasteiger partial charge in [0.2, 0.25) is 0 Å². The van der Waals surface area contributed by atoms with Gasteiger partial charge in [-0.15, -0.1) is 11.3 Å². The van der Waals surface area contributed by atoms with E-state index < -0.39 is 11.4 Å². The summed E-state index contributed by atoms with van der Waals surface area (Å²) in [5.74, 6) is -0.480. The molecule has 0 bridgehead atoms. The Morgan fingerprint density at radius 3 is 2.78 bits per heavy atom. The van der Waals surface area contributed by atoms with E-state index in [-0.39, 0.29) is 10.6 Å². The predicted molar refractivity (Wildman–Crippen MR) is 87.3 cm³/mol. The van der Waals surface area contributed by atoms with Crippen molar-refractivity contribution in [2.24, 2.45) is 7.05 Å². The second-order valence-electron chi connectivity index (χ2n) is 5.37. The number of aryl methyl sites for hydroxylation is 1. The lowest BCUT2D eigenvalue weighted by Crippen LogP contribution is -2.39. The molecule has 3 aromatic heterocycles. The topological polar surface area (TPSA) is 106 Å². The third-order valence-corrected chi connectivity index (χ3v) is 4.39. The molecular weight excluding hydrogens is 316 g/mol. The average molecular weight is 331 g/mol. The number of aromatic nitrogens is 3. The van der Waals surface area contributed by atoms with Crippen molar-refractivity contribution in [3.8, 4) is 0 Å². The zero-order valence-corrected chi connectivity index (χ0v) is 13.7. The highest BCUT2D eigenvalue weighted by Crippen LogP contribution is 2.33. The van der Waals surface area contributed by atoms with E-state index in [1.165, 1.54) is 23.1 Å². The fourth-order valence-corrected chi connectivity index (χ4v) is 3.29. The Morgan fingerprint density at radius 2 is 2.17 bits per heavy atom. The van der Waals surface area contributed by atoms with Crippen LogP contribution < -0.4 is 16.0 Å². The van der Waals surface area contributed by atoms with Gasteiger partial charge in [-0.25, -0.2) is 9.78 Å². The van der Waals surface area contributed by atoms with E-state index >= 15 is 0 Å². The van der Waals surface area contributed by atoms with E-state index in [0.717, 1.165) is 11.3 Å². The maximum atomic E-state index is 12.6. The second kappa shape index (κ2) is 5.47. The summed E-state index contributed by atoms with van der Waals surface area (Å²) in [7, 11) is 1.52. The summed E-state index contributed by atoms with van der Waals surface area (Å²) in [5.41, 5.74) is 7.49. The molecule has 0 spiro atoms. The number of fused-ring (bicyclic) bond motifs is 1. The van der Waals surface area contributed by atoms with E-state index in [9.17, 15) is 9.59 Å². The van der Waals surface area contributed by atoms with Crippen LogP contribution in [-0.2, 0) is 7.05 Å². The fourth-order valence-electron chi connectivity index (χ4n) is 2.25. The van der Waals surface area contributed by atoms with Crippen LogP contribution in [0.2, 0.25) is 0 Å². The predicted octanol–water partition coefficient (Wildman–Crippen LogP) is 1.64. The number of nitrogen functional groups attached to an aromatic ring is 1. The lowest BCUT2D eigenvalue weighted by molar-refractivity contribution is -0.741. The zero-order chi connectivity index (χ0) is 16.7. The van der Waals surface area contributed by atoms with Gasteiger partial charge in [0.05, 0.1) is 11.4 Å². The molecule has 3 aromatic rings. The van der Waals surface area contributed by atoms with Crippen molar-refractivity contribution in [1.82, 2.24) is 10.3 Å². The molecule has 0 aliphatic carbocycles. The molecule has 0 aliphatic rings. The van der Waals surface area contributed by atoms with Crippen molar-refractivity contribution in [2.45, 2.75) is 13.8 Å². The number of thiophene rings is 1. The third-order valence-electron chi connectivity index (χ3n) is 3.28. The molecule has 0 aromatic carbocycles. The molecule has 3 heterocycles. The van der Waals surface area contributed by atoms with Crippen LogP contribution in [0, 0.1) is 0 Å². The highest BCUT2D eigenvalue weighted by Gasteiger charge is 2.31. The van der Waals surface area contributed by atoms with Gasteiger partial charge in [0.15, 0.2) is 7.05 Å². The molecule has 3 N–H and O–H groups in total. The van der Waals surface area contributed by atoms with E-state index in [1.54, 1.807) is 0 Å². The van der Waals surface area contributed by atoms with Gasteiger partial charge in [-0.1, -0.05) is 10.3 Å². The van der Waals surface area contributed by atoms with Crippen molar-refractivity contribution < 1.29 is 14.0 Å². The highest BCUT2D eigenvalue weighted by atomic mass is 32.1. The Bertz CT molecular complexity index is 1010. The molecule has 0 aliphatic heterocycles. The summed E-state index contributed by atoms with van der Waals surface area (Å²) >= 11 is 1.17. The van der Waals surface area contributed by atoms with Crippen LogP contribution in [0.15, 0.2) is 27.0 Å². The van der Waals surface area contributed by atoms with Gasteiger partial charge in [0.1, 0.15) is 9.71 Å². The molecule has 23 heavy (non-hydrogen) atoms. The van der Waals surface area contributed by atoms with Crippen molar-refractivity contribution in [3.05, 3.63) is 44.4 Å². The summed E-state index contributed by atoms with van der Waals surface area (Å²) < 4.78 is 5.85. The largest absolute Gasteiger partial charge is 0.438 e. The van der Waals surface area contributed by atoms with Crippen molar-refractivity contribution in [1.29, 1.82) is 0 Å². The standard InChI is InChI=1S/C15H14N4O3S/c1-7(2)6-8-4-5-9-10(16)13(23-14(9)17-8)12(20)11-15(21)22-18-19(11)3/h4-6H,1-3H3,(H2-,16,18,20,21)/p+1. The number of aromatic amines is 1. The Balaban J connectivity index is 2.15. The first kappa shape index (κ1) is 15.2. The summed E-state index contributed by atoms with van der Waals surface area (Å²) in [4.78, 5) is 29.7. The van der Waals surface area contributed by atoms with Gasteiger partial charge in [-0.2, -0.15) is 0 Å². The second-order valence-corrected chi connectivity index (χ2v) is 6.37. The number of allylic oxidation sites excluding steroid dienone is 1. The monoisotopic (exact) mass is 331 g/mol. The molecule has 118 valence electrons. The molecular formula is C15H15N4O3S+. The molecule has 8 heteroatoms. The molecule has 7 nitrogen and oxygen atoms in total.